The first-order chi connectivity index (χ1) is 8.29. The largest absolute Gasteiger partial charge is 0.335 e. The number of nitrogens with one attached hydrogen (secondary N) is 2. The van der Waals surface area contributed by atoms with Gasteiger partial charge in [0.05, 0.1) is 0 Å². The van der Waals surface area contributed by atoms with Crippen molar-refractivity contribution in [2.75, 3.05) is 6.54 Å². The average Bonchev–Trinajstić information content (AvgIpc) is 2.97. The Morgan fingerprint density at radius 3 is 2.29 bits per heavy atom. The first kappa shape index (κ1) is 12.7. The fourth-order valence-electron chi connectivity index (χ4n) is 3.19. The second-order valence-electron chi connectivity index (χ2n) is 5.49. The van der Waals surface area contributed by atoms with Gasteiger partial charge in [-0.05, 0) is 31.6 Å². The summed E-state index contributed by atoms with van der Waals surface area (Å²) in [5.41, 5.74) is 5.77. The van der Waals surface area contributed by atoms with Gasteiger partial charge in [0.1, 0.15) is 0 Å². The standard InChI is InChI=1S/C13H25N3O/c14-9-12(10-5-1-2-6-10)16-13(17)15-11-7-3-4-8-11/h10-12H,1-9,14H2,(H2,15,16,17). The van der Waals surface area contributed by atoms with E-state index in [-0.39, 0.29) is 12.1 Å². The maximum absolute atomic E-state index is 11.8. The third-order valence-electron chi connectivity index (χ3n) is 4.23. The van der Waals surface area contributed by atoms with Crippen molar-refractivity contribution in [3.8, 4) is 0 Å². The lowest BCUT2D eigenvalue weighted by Crippen LogP contribution is -2.50. The minimum Gasteiger partial charge on any atom is -0.335 e. The Labute approximate surface area is 104 Å². The molecule has 0 aliphatic heterocycles. The molecule has 2 aliphatic carbocycles. The van der Waals surface area contributed by atoms with E-state index in [1.165, 1.54) is 38.5 Å². The van der Waals surface area contributed by atoms with Crippen LogP contribution >= 0.6 is 0 Å². The van der Waals surface area contributed by atoms with Gasteiger partial charge in [-0.2, -0.15) is 0 Å². The predicted molar refractivity (Wildman–Crippen MR) is 68.7 cm³/mol. The van der Waals surface area contributed by atoms with Crippen LogP contribution < -0.4 is 16.4 Å². The van der Waals surface area contributed by atoms with E-state index < -0.39 is 0 Å². The van der Waals surface area contributed by atoms with Gasteiger partial charge >= 0.3 is 6.03 Å². The zero-order valence-corrected chi connectivity index (χ0v) is 10.6. The minimum atomic E-state index is -0.0146. The zero-order chi connectivity index (χ0) is 12.1. The van der Waals surface area contributed by atoms with Crippen molar-refractivity contribution >= 4 is 6.03 Å². The number of hydrogen-bond acceptors (Lipinski definition) is 2. The Morgan fingerprint density at radius 2 is 1.71 bits per heavy atom. The fourth-order valence-corrected chi connectivity index (χ4v) is 3.19. The second kappa shape index (κ2) is 6.24. The van der Waals surface area contributed by atoms with Crippen LogP contribution in [0, 0.1) is 5.92 Å². The molecule has 4 nitrogen and oxygen atoms in total. The number of carbonyl (C=O) groups is 1. The number of rotatable bonds is 4. The first-order valence-corrected chi connectivity index (χ1v) is 7.06. The molecule has 4 N–H and O–H groups in total. The summed E-state index contributed by atoms with van der Waals surface area (Å²) in [5.74, 6) is 0.592. The normalized spacial score (nSPS) is 23.8. The third kappa shape index (κ3) is 3.60. The molecule has 0 aromatic carbocycles. The van der Waals surface area contributed by atoms with Gasteiger partial charge in [0.2, 0.25) is 0 Å². The molecule has 2 saturated carbocycles. The van der Waals surface area contributed by atoms with Crippen molar-refractivity contribution in [1.82, 2.24) is 10.6 Å². The molecule has 4 heteroatoms. The maximum Gasteiger partial charge on any atom is 0.315 e. The van der Waals surface area contributed by atoms with E-state index in [9.17, 15) is 4.79 Å². The SMILES string of the molecule is NCC(NC(=O)NC1CCCC1)C1CCCC1. The topological polar surface area (TPSA) is 67.1 Å². The Hall–Kier alpha value is -0.770. The summed E-state index contributed by atoms with van der Waals surface area (Å²) < 4.78 is 0. The molecule has 0 aromatic rings. The molecule has 2 amide bonds. The quantitative estimate of drug-likeness (QED) is 0.699. The van der Waals surface area contributed by atoms with E-state index >= 15 is 0 Å². The molecule has 0 saturated heterocycles. The lowest BCUT2D eigenvalue weighted by Gasteiger charge is -2.24. The lowest BCUT2D eigenvalue weighted by molar-refractivity contribution is 0.227. The number of nitrogens with two attached hydrogens (primary N) is 1. The highest BCUT2D eigenvalue weighted by Gasteiger charge is 2.26. The van der Waals surface area contributed by atoms with Crippen LogP contribution in [0.1, 0.15) is 51.4 Å². The van der Waals surface area contributed by atoms with Crippen LogP contribution in [0.4, 0.5) is 4.79 Å². The lowest BCUT2D eigenvalue weighted by atomic mass is 9.98. The van der Waals surface area contributed by atoms with Crippen LogP contribution in [0.3, 0.4) is 0 Å². The van der Waals surface area contributed by atoms with Gasteiger partial charge < -0.3 is 16.4 Å². The van der Waals surface area contributed by atoms with Gasteiger partial charge in [0.15, 0.2) is 0 Å². The Kier molecular flexibility index (Phi) is 4.66. The summed E-state index contributed by atoms with van der Waals surface area (Å²) >= 11 is 0. The highest BCUT2D eigenvalue weighted by molar-refractivity contribution is 5.74. The Morgan fingerprint density at radius 1 is 1.12 bits per heavy atom. The van der Waals surface area contributed by atoms with Gasteiger partial charge in [0, 0.05) is 18.6 Å². The molecule has 0 heterocycles. The van der Waals surface area contributed by atoms with Crippen molar-refractivity contribution < 1.29 is 4.79 Å². The molecule has 0 spiro atoms. The van der Waals surface area contributed by atoms with Crippen molar-refractivity contribution in [3.63, 3.8) is 0 Å². The van der Waals surface area contributed by atoms with Crippen LogP contribution in [-0.4, -0.2) is 24.7 Å². The molecule has 0 radical (unpaired) electrons. The molecule has 2 aliphatic rings. The van der Waals surface area contributed by atoms with E-state index in [1.807, 2.05) is 0 Å². The summed E-state index contributed by atoms with van der Waals surface area (Å²) in [6.45, 7) is 0.558. The van der Waals surface area contributed by atoms with Crippen molar-refractivity contribution in [1.29, 1.82) is 0 Å². The van der Waals surface area contributed by atoms with Gasteiger partial charge in [-0.15, -0.1) is 0 Å². The number of amides is 2. The van der Waals surface area contributed by atoms with Crippen LogP contribution in [0.5, 0.6) is 0 Å². The molecule has 1 unspecified atom stereocenters. The molecule has 2 fully saturated rings. The summed E-state index contributed by atoms with van der Waals surface area (Å²) in [6.07, 6.45) is 9.74. The van der Waals surface area contributed by atoms with Crippen LogP contribution in [0.25, 0.3) is 0 Å². The minimum absolute atomic E-state index is 0.0146. The van der Waals surface area contributed by atoms with E-state index in [0.717, 1.165) is 12.8 Å². The van der Waals surface area contributed by atoms with Crippen molar-refractivity contribution in [2.45, 2.75) is 63.5 Å². The van der Waals surface area contributed by atoms with Gasteiger partial charge in [-0.3, -0.25) is 0 Å². The summed E-state index contributed by atoms with van der Waals surface area (Å²) in [6, 6.07) is 0.537. The molecule has 2 rings (SSSR count). The molecule has 0 aromatic heterocycles. The molecule has 1 atom stereocenters. The number of carbonyl (C=O) groups excluding carboxylic acids is 1. The molecule has 0 bridgehead atoms. The summed E-state index contributed by atoms with van der Waals surface area (Å²) in [7, 11) is 0. The predicted octanol–water partition coefficient (Wildman–Crippen LogP) is 1.75. The monoisotopic (exact) mass is 239 g/mol. The fraction of sp³-hybridized carbons (Fsp3) is 0.923. The van der Waals surface area contributed by atoms with Crippen LogP contribution in [0.15, 0.2) is 0 Å². The van der Waals surface area contributed by atoms with Gasteiger partial charge in [0.25, 0.3) is 0 Å². The maximum atomic E-state index is 11.8. The molecule has 98 valence electrons. The average molecular weight is 239 g/mol. The van der Waals surface area contributed by atoms with Crippen molar-refractivity contribution in [3.05, 3.63) is 0 Å². The first-order valence-electron chi connectivity index (χ1n) is 7.06. The van der Waals surface area contributed by atoms with Crippen LogP contribution in [-0.2, 0) is 0 Å². The smallest absolute Gasteiger partial charge is 0.315 e. The Balaban J connectivity index is 1.74. The van der Waals surface area contributed by atoms with E-state index in [1.54, 1.807) is 0 Å². The summed E-state index contributed by atoms with van der Waals surface area (Å²) in [5, 5.41) is 6.12. The van der Waals surface area contributed by atoms with Gasteiger partial charge in [-0.25, -0.2) is 4.79 Å². The van der Waals surface area contributed by atoms with E-state index in [4.69, 9.17) is 5.73 Å². The third-order valence-corrected chi connectivity index (χ3v) is 4.23. The molecule has 17 heavy (non-hydrogen) atoms. The van der Waals surface area contributed by atoms with E-state index in [2.05, 4.69) is 10.6 Å². The molecular formula is C13H25N3O. The Bertz CT molecular complexity index is 245. The summed E-state index contributed by atoms with van der Waals surface area (Å²) in [4.78, 5) is 11.8. The van der Waals surface area contributed by atoms with Crippen LogP contribution in [0.2, 0.25) is 0 Å². The highest BCUT2D eigenvalue weighted by atomic mass is 16.2. The zero-order valence-electron chi connectivity index (χ0n) is 10.6. The highest BCUT2D eigenvalue weighted by Crippen LogP contribution is 2.27. The second-order valence-corrected chi connectivity index (χ2v) is 5.49. The van der Waals surface area contributed by atoms with E-state index in [0.29, 0.717) is 18.5 Å². The van der Waals surface area contributed by atoms with Gasteiger partial charge in [-0.1, -0.05) is 25.7 Å². The molecular weight excluding hydrogens is 214 g/mol. The number of hydrogen-bond donors (Lipinski definition) is 3. The van der Waals surface area contributed by atoms with Crippen molar-refractivity contribution in [2.24, 2.45) is 11.7 Å². The number of urea groups is 1.